The molecule has 0 fully saturated rings. The first-order valence-corrected chi connectivity index (χ1v) is 12.4. The Balaban J connectivity index is 1.84. The molecule has 0 N–H and O–H groups in total. The Hall–Kier alpha value is -2.32. The third-order valence-corrected chi connectivity index (χ3v) is 7.31. The molecule has 0 atom stereocenters. The second kappa shape index (κ2) is 5.60. The summed E-state index contributed by atoms with van der Waals surface area (Å²) < 4.78 is 6.21. The molecule has 0 unspecified atom stereocenters. The Morgan fingerprint density at radius 3 is 2.04 bits per heavy atom. The summed E-state index contributed by atoms with van der Waals surface area (Å²) in [5.41, 5.74) is 6.94. The summed E-state index contributed by atoms with van der Waals surface area (Å²) >= 11 is 0. The van der Waals surface area contributed by atoms with Crippen molar-refractivity contribution in [1.29, 1.82) is 0 Å². The molecule has 1 nitrogen and oxygen atoms in total. The lowest BCUT2D eigenvalue weighted by Gasteiger charge is -2.16. The van der Waals surface area contributed by atoms with E-state index in [1.165, 1.54) is 38.2 Å². The summed E-state index contributed by atoms with van der Waals surface area (Å²) in [5.74, 6) is 0. The Labute approximate surface area is 150 Å². The van der Waals surface area contributed by atoms with E-state index in [1.807, 2.05) is 0 Å². The SMILES string of the molecule is Cc1ccc2c(oc3cc(-c4ccc([Si](C)(C)C)cc4)ccc32)c1C. The summed E-state index contributed by atoms with van der Waals surface area (Å²) in [6.45, 7) is 11.4. The Bertz CT molecular complexity index is 1080. The molecular formula is C23H24OSi. The summed E-state index contributed by atoms with van der Waals surface area (Å²) in [5, 5.41) is 3.89. The highest BCUT2D eigenvalue weighted by molar-refractivity contribution is 6.88. The molecule has 4 aromatic rings. The van der Waals surface area contributed by atoms with E-state index in [2.05, 4.69) is 88.1 Å². The summed E-state index contributed by atoms with van der Waals surface area (Å²) in [6, 6.07) is 20.0. The van der Waals surface area contributed by atoms with Crippen LogP contribution in [0.25, 0.3) is 33.1 Å². The molecule has 0 amide bonds. The van der Waals surface area contributed by atoms with Gasteiger partial charge in [0.2, 0.25) is 0 Å². The van der Waals surface area contributed by atoms with Crippen LogP contribution in [0, 0.1) is 13.8 Å². The predicted octanol–water partition coefficient (Wildman–Crippen LogP) is 6.42. The van der Waals surface area contributed by atoms with Gasteiger partial charge in [-0.05, 0) is 48.2 Å². The molecule has 0 bridgehead atoms. The lowest BCUT2D eigenvalue weighted by Crippen LogP contribution is -2.37. The van der Waals surface area contributed by atoms with Gasteiger partial charge in [0.15, 0.2) is 0 Å². The smallest absolute Gasteiger partial charge is 0.138 e. The van der Waals surface area contributed by atoms with Crippen molar-refractivity contribution in [3.63, 3.8) is 0 Å². The summed E-state index contributed by atoms with van der Waals surface area (Å²) in [7, 11) is -1.25. The number of hydrogen-bond donors (Lipinski definition) is 0. The van der Waals surface area contributed by atoms with Crippen molar-refractivity contribution in [3.05, 3.63) is 65.7 Å². The van der Waals surface area contributed by atoms with E-state index in [-0.39, 0.29) is 0 Å². The molecule has 3 aromatic carbocycles. The first-order chi connectivity index (χ1) is 11.8. The fourth-order valence-electron chi connectivity index (χ4n) is 3.42. The Kier molecular flexibility index (Phi) is 3.62. The van der Waals surface area contributed by atoms with Crippen molar-refractivity contribution in [2.75, 3.05) is 0 Å². The second-order valence-corrected chi connectivity index (χ2v) is 13.1. The number of hydrogen-bond acceptors (Lipinski definition) is 1. The zero-order chi connectivity index (χ0) is 17.8. The molecule has 25 heavy (non-hydrogen) atoms. The van der Waals surface area contributed by atoms with Crippen molar-refractivity contribution < 1.29 is 4.42 Å². The minimum Gasteiger partial charge on any atom is -0.456 e. The maximum absolute atomic E-state index is 6.21. The van der Waals surface area contributed by atoms with E-state index in [9.17, 15) is 0 Å². The topological polar surface area (TPSA) is 13.1 Å². The van der Waals surface area contributed by atoms with E-state index in [0.717, 1.165) is 11.2 Å². The van der Waals surface area contributed by atoms with Gasteiger partial charge in [0.1, 0.15) is 11.2 Å². The highest BCUT2D eigenvalue weighted by Crippen LogP contribution is 2.34. The standard InChI is InChI=1S/C23H24OSi/c1-15-6-12-21-20-13-9-18(14-22(20)24-23(21)16(15)2)17-7-10-19(11-8-17)25(3,4)5/h6-14H,1-5H3. The van der Waals surface area contributed by atoms with Crippen molar-refractivity contribution in [3.8, 4) is 11.1 Å². The van der Waals surface area contributed by atoms with Crippen LogP contribution in [0.3, 0.4) is 0 Å². The van der Waals surface area contributed by atoms with Crippen molar-refractivity contribution in [2.45, 2.75) is 33.5 Å². The van der Waals surface area contributed by atoms with Crippen molar-refractivity contribution in [2.24, 2.45) is 0 Å². The molecule has 0 aliphatic heterocycles. The lowest BCUT2D eigenvalue weighted by atomic mass is 10.0. The zero-order valence-corrected chi connectivity index (χ0v) is 16.6. The fourth-order valence-corrected chi connectivity index (χ4v) is 4.58. The van der Waals surface area contributed by atoms with Gasteiger partial charge in [-0.15, -0.1) is 0 Å². The van der Waals surface area contributed by atoms with Crippen molar-refractivity contribution >= 4 is 35.2 Å². The minimum atomic E-state index is -1.25. The third kappa shape index (κ3) is 2.71. The Morgan fingerprint density at radius 1 is 0.720 bits per heavy atom. The van der Waals surface area contributed by atoms with Gasteiger partial charge in [-0.3, -0.25) is 0 Å². The van der Waals surface area contributed by atoms with Crippen LogP contribution < -0.4 is 5.19 Å². The summed E-state index contributed by atoms with van der Waals surface area (Å²) in [6.07, 6.45) is 0. The van der Waals surface area contributed by atoms with Crippen molar-refractivity contribution in [1.82, 2.24) is 0 Å². The maximum Gasteiger partial charge on any atom is 0.138 e. The van der Waals surface area contributed by atoms with Gasteiger partial charge in [0, 0.05) is 10.8 Å². The monoisotopic (exact) mass is 344 g/mol. The van der Waals surface area contributed by atoms with E-state index >= 15 is 0 Å². The van der Waals surface area contributed by atoms with Gasteiger partial charge in [-0.2, -0.15) is 0 Å². The number of rotatable bonds is 2. The molecule has 0 aliphatic rings. The van der Waals surface area contributed by atoms with Gasteiger partial charge in [-0.1, -0.05) is 67.3 Å². The molecule has 0 saturated carbocycles. The largest absolute Gasteiger partial charge is 0.456 e. The van der Waals surface area contributed by atoms with E-state index in [4.69, 9.17) is 4.42 Å². The van der Waals surface area contributed by atoms with Gasteiger partial charge in [0.25, 0.3) is 0 Å². The van der Waals surface area contributed by atoms with Crippen LogP contribution in [0.5, 0.6) is 0 Å². The third-order valence-electron chi connectivity index (χ3n) is 5.24. The van der Waals surface area contributed by atoms with E-state index in [1.54, 1.807) is 0 Å². The van der Waals surface area contributed by atoms with Crippen LogP contribution in [-0.2, 0) is 0 Å². The van der Waals surface area contributed by atoms with Gasteiger partial charge < -0.3 is 4.42 Å². The molecule has 4 rings (SSSR count). The number of fused-ring (bicyclic) bond motifs is 3. The average molecular weight is 345 g/mol. The average Bonchev–Trinajstić information content (AvgIpc) is 2.96. The molecule has 0 spiro atoms. The molecule has 0 aliphatic carbocycles. The van der Waals surface area contributed by atoms with Gasteiger partial charge in [-0.25, -0.2) is 0 Å². The van der Waals surface area contributed by atoms with Gasteiger partial charge >= 0.3 is 0 Å². The first kappa shape index (κ1) is 16.2. The first-order valence-electron chi connectivity index (χ1n) is 8.88. The van der Waals surface area contributed by atoms with Crippen LogP contribution in [0.1, 0.15) is 11.1 Å². The van der Waals surface area contributed by atoms with Gasteiger partial charge in [0.05, 0.1) is 8.07 Å². The number of furan rings is 1. The van der Waals surface area contributed by atoms with Crippen LogP contribution in [0.15, 0.2) is 59.0 Å². The molecule has 2 heteroatoms. The molecule has 0 radical (unpaired) electrons. The molecular weight excluding hydrogens is 320 g/mol. The molecule has 1 heterocycles. The van der Waals surface area contributed by atoms with Crippen LogP contribution in [0.4, 0.5) is 0 Å². The second-order valence-electron chi connectivity index (χ2n) is 8.02. The minimum absolute atomic E-state index is 0.968. The maximum atomic E-state index is 6.21. The van der Waals surface area contributed by atoms with Crippen LogP contribution in [-0.4, -0.2) is 8.07 Å². The van der Waals surface area contributed by atoms with E-state index in [0.29, 0.717) is 0 Å². The quantitative estimate of drug-likeness (QED) is 0.383. The van der Waals surface area contributed by atoms with Crippen LogP contribution in [0.2, 0.25) is 19.6 Å². The summed E-state index contributed by atoms with van der Waals surface area (Å²) in [4.78, 5) is 0. The van der Waals surface area contributed by atoms with E-state index < -0.39 is 8.07 Å². The lowest BCUT2D eigenvalue weighted by molar-refractivity contribution is 0.665. The number of aryl methyl sites for hydroxylation is 2. The molecule has 126 valence electrons. The fraction of sp³-hybridized carbons (Fsp3) is 0.217. The highest BCUT2D eigenvalue weighted by atomic mass is 28.3. The number of benzene rings is 3. The normalized spacial score (nSPS) is 12.2. The van der Waals surface area contributed by atoms with Crippen LogP contribution >= 0.6 is 0 Å². The predicted molar refractivity (Wildman–Crippen MR) is 112 cm³/mol. The highest BCUT2D eigenvalue weighted by Gasteiger charge is 2.16. The zero-order valence-electron chi connectivity index (χ0n) is 15.6. The Morgan fingerprint density at radius 2 is 1.36 bits per heavy atom. The molecule has 1 aromatic heterocycles. The molecule has 0 saturated heterocycles.